The van der Waals surface area contributed by atoms with Crippen molar-refractivity contribution in [3.05, 3.63) is 28.2 Å². The van der Waals surface area contributed by atoms with Crippen molar-refractivity contribution in [3.63, 3.8) is 0 Å². The lowest BCUT2D eigenvalue weighted by molar-refractivity contribution is -0.126. The predicted molar refractivity (Wildman–Crippen MR) is 86.1 cm³/mol. The number of benzene rings is 1. The van der Waals surface area contributed by atoms with E-state index in [1.807, 2.05) is 20.8 Å². The Labute approximate surface area is 135 Å². The van der Waals surface area contributed by atoms with Gasteiger partial charge in [-0.1, -0.05) is 23.2 Å². The fourth-order valence-electron chi connectivity index (χ4n) is 2.57. The Hall–Kier alpha value is -0.810. The second-order valence-corrected chi connectivity index (χ2v) is 6.41. The summed E-state index contributed by atoms with van der Waals surface area (Å²) in [5.74, 6) is -0.0744. The SMILES string of the molecule is C[C@@H]1CN([C@@H](C)C(=O)Nc2cc(Cl)cc(Cl)c2)C[C@@H](C)O1. The van der Waals surface area contributed by atoms with Crippen molar-refractivity contribution in [2.75, 3.05) is 18.4 Å². The number of ether oxygens (including phenoxy) is 1. The molecule has 4 nitrogen and oxygen atoms in total. The fourth-order valence-corrected chi connectivity index (χ4v) is 3.10. The van der Waals surface area contributed by atoms with Crippen LogP contribution in [0.5, 0.6) is 0 Å². The molecule has 1 aliphatic heterocycles. The molecule has 1 aromatic rings. The van der Waals surface area contributed by atoms with E-state index >= 15 is 0 Å². The van der Waals surface area contributed by atoms with E-state index in [0.29, 0.717) is 15.7 Å². The Morgan fingerprint density at radius 1 is 1.24 bits per heavy atom. The standard InChI is InChI=1S/C15H20Cl2N2O2/c1-9-7-19(8-10(2)21-9)11(3)15(20)18-14-5-12(16)4-13(17)6-14/h4-6,9-11H,7-8H2,1-3H3,(H,18,20)/t9-,10-,11+/m1/s1. The number of hydrogen-bond acceptors (Lipinski definition) is 3. The summed E-state index contributed by atoms with van der Waals surface area (Å²) in [6, 6.07) is 4.76. The molecule has 6 heteroatoms. The van der Waals surface area contributed by atoms with Crippen molar-refractivity contribution in [3.8, 4) is 0 Å². The average molecular weight is 331 g/mol. The lowest BCUT2D eigenvalue weighted by Crippen LogP contribution is -2.52. The second-order valence-electron chi connectivity index (χ2n) is 5.53. The van der Waals surface area contributed by atoms with E-state index in [-0.39, 0.29) is 24.2 Å². The molecule has 0 aliphatic carbocycles. The van der Waals surface area contributed by atoms with Crippen molar-refractivity contribution in [2.45, 2.75) is 39.0 Å². The monoisotopic (exact) mass is 330 g/mol. The molecule has 1 saturated heterocycles. The van der Waals surface area contributed by atoms with Crippen LogP contribution in [0.1, 0.15) is 20.8 Å². The van der Waals surface area contributed by atoms with Crippen molar-refractivity contribution >= 4 is 34.8 Å². The Morgan fingerprint density at radius 2 is 1.76 bits per heavy atom. The van der Waals surface area contributed by atoms with Gasteiger partial charge < -0.3 is 10.1 Å². The third-order valence-corrected chi connectivity index (χ3v) is 3.94. The van der Waals surface area contributed by atoms with Crippen LogP contribution in [0, 0.1) is 0 Å². The molecule has 0 spiro atoms. The number of nitrogens with one attached hydrogen (secondary N) is 1. The molecule has 1 heterocycles. The molecule has 21 heavy (non-hydrogen) atoms. The van der Waals surface area contributed by atoms with Gasteiger partial charge in [0, 0.05) is 28.8 Å². The van der Waals surface area contributed by atoms with Crippen LogP contribution in [0.3, 0.4) is 0 Å². The van der Waals surface area contributed by atoms with Gasteiger partial charge in [-0.25, -0.2) is 0 Å². The maximum absolute atomic E-state index is 12.4. The minimum Gasteiger partial charge on any atom is -0.373 e. The zero-order chi connectivity index (χ0) is 15.6. The molecular weight excluding hydrogens is 311 g/mol. The summed E-state index contributed by atoms with van der Waals surface area (Å²) in [5, 5.41) is 3.86. The van der Waals surface area contributed by atoms with Gasteiger partial charge in [0.05, 0.1) is 18.2 Å². The van der Waals surface area contributed by atoms with E-state index in [0.717, 1.165) is 13.1 Å². The number of hydrogen-bond donors (Lipinski definition) is 1. The van der Waals surface area contributed by atoms with Crippen molar-refractivity contribution in [1.82, 2.24) is 4.90 Å². The molecular formula is C15H20Cl2N2O2. The van der Waals surface area contributed by atoms with Gasteiger partial charge in [-0.2, -0.15) is 0 Å². The number of amides is 1. The molecule has 2 rings (SSSR count). The predicted octanol–water partition coefficient (Wildman–Crippen LogP) is 3.43. The summed E-state index contributed by atoms with van der Waals surface area (Å²) in [6.07, 6.45) is 0.259. The molecule has 0 bridgehead atoms. The van der Waals surface area contributed by atoms with E-state index < -0.39 is 0 Å². The lowest BCUT2D eigenvalue weighted by atomic mass is 10.1. The highest BCUT2D eigenvalue weighted by Gasteiger charge is 2.29. The molecule has 0 unspecified atom stereocenters. The van der Waals surface area contributed by atoms with Crippen LogP contribution in [-0.2, 0) is 9.53 Å². The van der Waals surface area contributed by atoms with Gasteiger partial charge >= 0.3 is 0 Å². The number of morpholine rings is 1. The maximum Gasteiger partial charge on any atom is 0.241 e. The van der Waals surface area contributed by atoms with Crippen molar-refractivity contribution < 1.29 is 9.53 Å². The summed E-state index contributed by atoms with van der Waals surface area (Å²) in [5.41, 5.74) is 0.610. The molecule has 0 saturated carbocycles. The van der Waals surface area contributed by atoms with Crippen LogP contribution < -0.4 is 5.32 Å². The van der Waals surface area contributed by atoms with Gasteiger partial charge in [0.15, 0.2) is 0 Å². The summed E-state index contributed by atoms with van der Waals surface area (Å²) in [7, 11) is 0. The Kier molecular flexibility index (Phi) is 5.49. The molecule has 1 fully saturated rings. The average Bonchev–Trinajstić information content (AvgIpc) is 2.35. The third-order valence-electron chi connectivity index (χ3n) is 3.51. The number of carbonyl (C=O) groups is 1. The van der Waals surface area contributed by atoms with Crippen LogP contribution in [0.25, 0.3) is 0 Å². The van der Waals surface area contributed by atoms with Gasteiger partial charge in [0.1, 0.15) is 0 Å². The maximum atomic E-state index is 12.4. The first kappa shape index (κ1) is 16.6. The molecule has 0 aromatic heterocycles. The number of rotatable bonds is 3. The number of halogens is 2. The number of anilines is 1. The summed E-state index contributed by atoms with van der Waals surface area (Å²) in [6.45, 7) is 7.42. The van der Waals surface area contributed by atoms with Crippen molar-refractivity contribution in [1.29, 1.82) is 0 Å². The zero-order valence-electron chi connectivity index (χ0n) is 12.4. The smallest absolute Gasteiger partial charge is 0.241 e. The number of carbonyl (C=O) groups excluding carboxylic acids is 1. The fraction of sp³-hybridized carbons (Fsp3) is 0.533. The minimum absolute atomic E-state index is 0.0744. The summed E-state index contributed by atoms with van der Waals surface area (Å²) < 4.78 is 5.69. The van der Waals surface area contributed by atoms with Crippen LogP contribution in [0.15, 0.2) is 18.2 Å². The van der Waals surface area contributed by atoms with Gasteiger partial charge in [0.25, 0.3) is 0 Å². The van der Waals surface area contributed by atoms with Crippen LogP contribution in [0.4, 0.5) is 5.69 Å². The molecule has 1 amide bonds. The molecule has 1 aliphatic rings. The van der Waals surface area contributed by atoms with E-state index in [9.17, 15) is 4.79 Å². The minimum atomic E-state index is -0.239. The summed E-state index contributed by atoms with van der Waals surface area (Å²) >= 11 is 11.9. The zero-order valence-corrected chi connectivity index (χ0v) is 13.9. The topological polar surface area (TPSA) is 41.6 Å². The van der Waals surface area contributed by atoms with Crippen molar-refractivity contribution in [2.24, 2.45) is 0 Å². The first-order valence-corrected chi connectivity index (χ1v) is 7.77. The second kappa shape index (κ2) is 6.97. The van der Waals surface area contributed by atoms with Crippen LogP contribution in [0.2, 0.25) is 10.0 Å². The normalized spacial score (nSPS) is 24.6. The highest BCUT2D eigenvalue weighted by molar-refractivity contribution is 6.35. The van der Waals surface area contributed by atoms with Crippen LogP contribution in [-0.4, -0.2) is 42.1 Å². The molecule has 1 aromatic carbocycles. The van der Waals surface area contributed by atoms with Gasteiger partial charge in [-0.15, -0.1) is 0 Å². The highest BCUT2D eigenvalue weighted by Crippen LogP contribution is 2.23. The highest BCUT2D eigenvalue weighted by atomic mass is 35.5. The quantitative estimate of drug-likeness (QED) is 0.923. The number of nitrogens with zero attached hydrogens (tertiary/aromatic N) is 1. The van der Waals surface area contributed by atoms with Gasteiger partial charge in [0.2, 0.25) is 5.91 Å². The molecule has 0 radical (unpaired) electrons. The lowest BCUT2D eigenvalue weighted by Gasteiger charge is -2.38. The van der Waals surface area contributed by atoms with Gasteiger partial charge in [-0.3, -0.25) is 9.69 Å². The molecule has 116 valence electrons. The Balaban J connectivity index is 2.02. The molecule has 3 atom stereocenters. The molecule has 1 N–H and O–H groups in total. The largest absolute Gasteiger partial charge is 0.373 e. The Morgan fingerprint density at radius 3 is 2.29 bits per heavy atom. The first-order chi connectivity index (χ1) is 9.85. The first-order valence-electron chi connectivity index (χ1n) is 7.01. The van der Waals surface area contributed by atoms with E-state index in [1.54, 1.807) is 18.2 Å². The van der Waals surface area contributed by atoms with Gasteiger partial charge in [-0.05, 0) is 39.0 Å². The summed E-state index contributed by atoms with van der Waals surface area (Å²) in [4.78, 5) is 14.5. The third kappa shape index (κ3) is 4.58. The van der Waals surface area contributed by atoms with E-state index in [4.69, 9.17) is 27.9 Å². The van der Waals surface area contributed by atoms with E-state index in [2.05, 4.69) is 10.2 Å². The Bertz CT molecular complexity index is 494. The van der Waals surface area contributed by atoms with Crippen LogP contribution >= 0.6 is 23.2 Å². The van der Waals surface area contributed by atoms with E-state index in [1.165, 1.54) is 0 Å².